The zero-order valence-electron chi connectivity index (χ0n) is 11.8. The highest BCUT2D eigenvalue weighted by atomic mass is 28.4. The van der Waals surface area contributed by atoms with Crippen molar-refractivity contribution >= 4 is 14.8 Å². The first-order valence-electron chi connectivity index (χ1n) is 5.52. The van der Waals surface area contributed by atoms with Crippen LogP contribution >= 0.6 is 0 Å². The number of carbonyl (C=O) groups is 1. The molecule has 0 saturated heterocycles. The van der Waals surface area contributed by atoms with Gasteiger partial charge in [0.15, 0.2) is 6.23 Å². The summed E-state index contributed by atoms with van der Waals surface area (Å²) < 4.78 is 20.5. The maximum Gasteiger partial charge on any atom is 0.539 e. The van der Waals surface area contributed by atoms with Gasteiger partial charge in [-0.2, -0.15) is 5.26 Å². The van der Waals surface area contributed by atoms with Crippen molar-refractivity contribution in [3.8, 4) is 6.07 Å². The summed E-state index contributed by atoms with van der Waals surface area (Å²) in [5, 5.41) is 8.96. The molecule has 0 aliphatic carbocycles. The summed E-state index contributed by atoms with van der Waals surface area (Å²) >= 11 is 0. The Labute approximate surface area is 109 Å². The fourth-order valence-corrected chi connectivity index (χ4v) is 2.28. The monoisotopic (exact) mass is 275 g/mol. The molecule has 0 spiro atoms. The third-order valence-electron chi connectivity index (χ3n) is 3.05. The number of esters is 1. The highest BCUT2D eigenvalue weighted by Crippen LogP contribution is 2.26. The van der Waals surface area contributed by atoms with Crippen LogP contribution in [0.5, 0.6) is 0 Å². The first-order chi connectivity index (χ1) is 8.28. The molecule has 0 fully saturated rings. The first-order valence-corrected chi connectivity index (χ1v) is 7.45. The fraction of sp³-hybridized carbons (Fsp3) is 0.818. The molecule has 0 aromatic carbocycles. The average molecular weight is 275 g/mol. The molecule has 18 heavy (non-hydrogen) atoms. The number of nitrogens with zero attached hydrogens (tertiary/aromatic N) is 1. The number of nitriles is 1. The van der Waals surface area contributed by atoms with Crippen LogP contribution in [0.1, 0.15) is 20.8 Å². The van der Waals surface area contributed by atoms with Gasteiger partial charge in [-0.3, -0.25) is 4.79 Å². The average Bonchev–Trinajstić information content (AvgIpc) is 2.39. The molecule has 0 aromatic heterocycles. The first kappa shape index (κ1) is 17.1. The Morgan fingerprint density at radius 2 is 1.72 bits per heavy atom. The summed E-state index contributed by atoms with van der Waals surface area (Å²) in [4.78, 5) is 11.8. The number of rotatable bonds is 7. The van der Waals surface area contributed by atoms with Crippen molar-refractivity contribution in [2.75, 3.05) is 27.6 Å². The molecular formula is C11H21NO5Si. The highest BCUT2D eigenvalue weighted by Gasteiger charge is 2.42. The summed E-state index contributed by atoms with van der Waals surface area (Å²) in [5.41, 5.74) is -0.783. The fourth-order valence-electron chi connectivity index (χ4n) is 1.10. The highest BCUT2D eigenvalue weighted by molar-refractivity contribution is 6.60. The molecule has 0 aromatic rings. The molecule has 104 valence electrons. The van der Waals surface area contributed by atoms with Crippen molar-refractivity contribution < 1.29 is 22.8 Å². The summed E-state index contributed by atoms with van der Waals surface area (Å²) in [6.45, 7) is 5.03. The summed E-state index contributed by atoms with van der Waals surface area (Å²) in [6.07, 6.45) is -0.0683. The van der Waals surface area contributed by atoms with Crippen molar-refractivity contribution in [3.63, 3.8) is 0 Å². The smallest absolute Gasteiger partial charge is 0.461 e. The molecule has 0 aliphatic rings. The van der Waals surface area contributed by atoms with Gasteiger partial charge in [0.25, 0.3) is 0 Å². The number of hydrogen-bond acceptors (Lipinski definition) is 6. The summed E-state index contributed by atoms with van der Waals surface area (Å²) in [5.74, 6) is -1.01. The molecule has 0 aliphatic heterocycles. The molecular weight excluding hydrogens is 254 g/mol. The Morgan fingerprint density at radius 3 is 2.06 bits per heavy atom. The minimum atomic E-state index is -2.92. The molecule has 0 N–H and O–H groups in total. The molecule has 1 unspecified atom stereocenters. The molecule has 0 amide bonds. The Bertz CT molecular complexity index is 314. The van der Waals surface area contributed by atoms with Crippen molar-refractivity contribution in [1.29, 1.82) is 5.26 Å². The zero-order valence-corrected chi connectivity index (χ0v) is 12.8. The van der Waals surface area contributed by atoms with Crippen LogP contribution in [-0.4, -0.2) is 42.3 Å². The molecule has 0 rings (SSSR count). The maximum absolute atomic E-state index is 11.8. The Kier molecular flexibility index (Phi) is 6.49. The number of ether oxygens (including phenoxy) is 1. The minimum Gasteiger partial charge on any atom is -0.461 e. The second-order valence-corrected chi connectivity index (χ2v) is 7.34. The topological polar surface area (TPSA) is 77.8 Å². The van der Waals surface area contributed by atoms with E-state index in [9.17, 15) is 4.79 Å². The van der Waals surface area contributed by atoms with Gasteiger partial charge in [-0.05, 0) is 13.8 Å². The van der Waals surface area contributed by atoms with E-state index in [1.54, 1.807) is 20.8 Å². The summed E-state index contributed by atoms with van der Waals surface area (Å²) in [7, 11) is 1.40. The van der Waals surface area contributed by atoms with Crippen molar-refractivity contribution in [3.05, 3.63) is 0 Å². The van der Waals surface area contributed by atoms with E-state index < -0.39 is 26.1 Å². The summed E-state index contributed by atoms with van der Waals surface area (Å²) in [6, 6.07) is 2.08. The van der Waals surface area contributed by atoms with Crippen LogP contribution in [0.15, 0.2) is 0 Å². The van der Waals surface area contributed by atoms with E-state index in [4.69, 9.17) is 23.3 Å². The minimum absolute atomic E-state index is 0.0683. The van der Waals surface area contributed by atoms with Crippen LogP contribution in [0.2, 0.25) is 0 Å². The molecule has 6 nitrogen and oxygen atoms in total. The van der Waals surface area contributed by atoms with Gasteiger partial charge < -0.3 is 18.0 Å². The Balaban J connectivity index is 4.56. The van der Waals surface area contributed by atoms with Gasteiger partial charge in [-0.1, -0.05) is 6.92 Å². The van der Waals surface area contributed by atoms with Crippen LogP contribution in [0.4, 0.5) is 0 Å². The molecule has 0 bridgehead atoms. The predicted octanol–water partition coefficient (Wildman–Crippen LogP) is 1.13. The van der Waals surface area contributed by atoms with E-state index >= 15 is 0 Å². The zero-order chi connectivity index (χ0) is 14.4. The van der Waals surface area contributed by atoms with Gasteiger partial charge in [-0.25, -0.2) is 0 Å². The van der Waals surface area contributed by atoms with E-state index in [1.807, 2.05) is 0 Å². The third-order valence-corrected chi connectivity index (χ3v) is 5.41. The van der Waals surface area contributed by atoms with Crippen LogP contribution in [0, 0.1) is 22.7 Å². The van der Waals surface area contributed by atoms with Crippen molar-refractivity contribution in [2.24, 2.45) is 11.3 Å². The van der Waals surface area contributed by atoms with Crippen molar-refractivity contribution in [1.82, 2.24) is 0 Å². The molecule has 0 saturated carbocycles. The molecule has 7 heteroatoms. The lowest BCUT2D eigenvalue weighted by molar-refractivity contribution is -0.150. The SMILES string of the molecule is CO[Si](COC(=O)C(C)C(C)(C)C#N)(OC)OC. The van der Waals surface area contributed by atoms with Gasteiger partial charge in [0, 0.05) is 21.3 Å². The van der Waals surface area contributed by atoms with Crippen LogP contribution in [0.25, 0.3) is 0 Å². The second-order valence-electron chi connectivity index (χ2n) is 4.46. The van der Waals surface area contributed by atoms with E-state index in [1.165, 1.54) is 21.3 Å². The Hall–Kier alpha value is -0.943. The lowest BCUT2D eigenvalue weighted by Gasteiger charge is -2.26. The number of carbonyl (C=O) groups excluding carboxylic acids is 1. The van der Waals surface area contributed by atoms with Crippen molar-refractivity contribution in [2.45, 2.75) is 20.8 Å². The van der Waals surface area contributed by atoms with E-state index in [0.29, 0.717) is 0 Å². The van der Waals surface area contributed by atoms with E-state index in [2.05, 4.69) is 6.07 Å². The van der Waals surface area contributed by atoms with Crippen LogP contribution < -0.4 is 0 Å². The largest absolute Gasteiger partial charge is 0.539 e. The van der Waals surface area contributed by atoms with E-state index in [-0.39, 0.29) is 6.23 Å². The van der Waals surface area contributed by atoms with E-state index in [0.717, 1.165) is 0 Å². The number of hydrogen-bond donors (Lipinski definition) is 0. The van der Waals surface area contributed by atoms with Gasteiger partial charge >= 0.3 is 14.8 Å². The van der Waals surface area contributed by atoms with Gasteiger partial charge in [0.2, 0.25) is 0 Å². The normalized spacial score (nSPS) is 13.8. The quantitative estimate of drug-likeness (QED) is 0.512. The van der Waals surface area contributed by atoms with Gasteiger partial charge in [0.1, 0.15) is 0 Å². The van der Waals surface area contributed by atoms with Gasteiger partial charge in [0.05, 0.1) is 17.4 Å². The third kappa shape index (κ3) is 4.06. The standard InChI is InChI=1S/C11H21NO5Si/c1-9(11(2,3)7-12)10(13)17-8-18(14-4,15-5)16-6/h9H,8H2,1-6H3. The second kappa shape index (κ2) is 6.85. The lowest BCUT2D eigenvalue weighted by atomic mass is 9.82. The molecule has 0 radical (unpaired) electrons. The van der Waals surface area contributed by atoms with Gasteiger partial charge in [-0.15, -0.1) is 0 Å². The molecule has 0 heterocycles. The predicted molar refractivity (Wildman–Crippen MR) is 66.3 cm³/mol. The van der Waals surface area contributed by atoms with Crippen LogP contribution in [-0.2, 0) is 22.8 Å². The molecule has 1 atom stereocenters. The maximum atomic E-state index is 11.8. The Morgan fingerprint density at radius 1 is 1.28 bits per heavy atom. The van der Waals surface area contributed by atoms with Crippen LogP contribution in [0.3, 0.4) is 0 Å². The lowest BCUT2D eigenvalue weighted by Crippen LogP contribution is -2.49.